The first-order chi connectivity index (χ1) is 9.41. The van der Waals surface area contributed by atoms with Crippen LogP contribution in [0.25, 0.3) is 0 Å². The monoisotopic (exact) mass is 276 g/mol. The van der Waals surface area contributed by atoms with Crippen LogP contribution in [0.15, 0.2) is 24.3 Å². The number of hydrogen-bond acceptors (Lipinski definition) is 3. The molecular weight excluding hydrogens is 256 g/mol. The second-order valence-electron chi connectivity index (χ2n) is 5.46. The van der Waals surface area contributed by atoms with Gasteiger partial charge in [0.1, 0.15) is 0 Å². The van der Waals surface area contributed by atoms with Gasteiger partial charge in [-0.2, -0.15) is 0 Å². The summed E-state index contributed by atoms with van der Waals surface area (Å²) in [5, 5.41) is 9.37. The molecule has 3 N–H and O–H groups in total. The van der Waals surface area contributed by atoms with Gasteiger partial charge in [-0.3, -0.25) is 9.59 Å². The molecule has 0 aromatic heterocycles. The largest absolute Gasteiger partial charge is 0.481 e. The maximum absolute atomic E-state index is 12.4. The molecule has 0 fully saturated rings. The third-order valence-corrected chi connectivity index (χ3v) is 3.98. The van der Waals surface area contributed by atoms with Crippen LogP contribution in [0.3, 0.4) is 0 Å². The Bertz CT molecular complexity index is 528. The Morgan fingerprint density at radius 2 is 2.00 bits per heavy atom. The minimum Gasteiger partial charge on any atom is -0.481 e. The predicted molar refractivity (Wildman–Crippen MR) is 75.0 cm³/mol. The standard InChI is InChI=1S/C15H20N2O3/c1-9(10(2)16)14(18)17-7-11-5-3-4-6-12(11)13(8-17)15(19)20/h3-6,9-10,13H,7-8,16H2,1-2H3,(H,19,20). The Morgan fingerprint density at radius 3 is 2.60 bits per heavy atom. The number of carbonyl (C=O) groups excluding carboxylic acids is 1. The van der Waals surface area contributed by atoms with Crippen molar-refractivity contribution >= 4 is 11.9 Å². The molecule has 1 aromatic carbocycles. The minimum absolute atomic E-state index is 0.0826. The van der Waals surface area contributed by atoms with Gasteiger partial charge in [-0.15, -0.1) is 0 Å². The lowest BCUT2D eigenvalue weighted by Crippen LogP contribution is -2.46. The van der Waals surface area contributed by atoms with Gasteiger partial charge in [0.25, 0.3) is 0 Å². The Morgan fingerprint density at radius 1 is 1.35 bits per heavy atom. The van der Waals surface area contributed by atoms with Gasteiger partial charge in [-0.05, 0) is 18.1 Å². The third kappa shape index (κ3) is 2.67. The van der Waals surface area contributed by atoms with Crippen LogP contribution in [0.2, 0.25) is 0 Å². The van der Waals surface area contributed by atoms with Gasteiger partial charge in [0.15, 0.2) is 0 Å². The molecule has 0 spiro atoms. The zero-order chi connectivity index (χ0) is 14.9. The molecule has 1 amide bonds. The van der Waals surface area contributed by atoms with Crippen molar-refractivity contribution in [1.82, 2.24) is 4.90 Å². The number of amides is 1. The maximum Gasteiger partial charge on any atom is 0.312 e. The van der Waals surface area contributed by atoms with E-state index in [4.69, 9.17) is 5.73 Å². The third-order valence-electron chi connectivity index (χ3n) is 3.98. The molecular formula is C15H20N2O3. The van der Waals surface area contributed by atoms with E-state index >= 15 is 0 Å². The number of carbonyl (C=O) groups is 2. The molecule has 1 aliphatic rings. The highest BCUT2D eigenvalue weighted by Gasteiger charge is 2.34. The van der Waals surface area contributed by atoms with Crippen LogP contribution in [0.5, 0.6) is 0 Å². The average molecular weight is 276 g/mol. The summed E-state index contributed by atoms with van der Waals surface area (Å²) < 4.78 is 0. The Labute approximate surface area is 118 Å². The maximum atomic E-state index is 12.4. The van der Waals surface area contributed by atoms with Gasteiger partial charge in [-0.25, -0.2) is 0 Å². The molecule has 20 heavy (non-hydrogen) atoms. The number of fused-ring (bicyclic) bond motifs is 1. The van der Waals surface area contributed by atoms with Gasteiger partial charge in [0.2, 0.25) is 5.91 Å². The molecule has 108 valence electrons. The number of benzene rings is 1. The number of hydrogen-bond donors (Lipinski definition) is 2. The zero-order valence-corrected chi connectivity index (χ0v) is 11.7. The highest BCUT2D eigenvalue weighted by Crippen LogP contribution is 2.29. The molecule has 0 radical (unpaired) electrons. The number of nitrogens with zero attached hydrogens (tertiary/aromatic N) is 1. The lowest BCUT2D eigenvalue weighted by molar-refractivity contribution is -0.142. The first-order valence-corrected chi connectivity index (χ1v) is 6.76. The van der Waals surface area contributed by atoms with Gasteiger partial charge in [0.05, 0.1) is 11.8 Å². The second kappa shape index (κ2) is 5.63. The molecule has 0 saturated heterocycles. The lowest BCUT2D eigenvalue weighted by Gasteiger charge is -2.35. The van der Waals surface area contributed by atoms with Crippen molar-refractivity contribution in [3.8, 4) is 0 Å². The van der Waals surface area contributed by atoms with Crippen LogP contribution in [0, 0.1) is 5.92 Å². The van der Waals surface area contributed by atoms with Gasteiger partial charge < -0.3 is 15.7 Å². The van der Waals surface area contributed by atoms with E-state index in [-0.39, 0.29) is 24.4 Å². The lowest BCUT2D eigenvalue weighted by atomic mass is 9.89. The number of nitrogens with two attached hydrogens (primary N) is 1. The predicted octanol–water partition coefficient (Wildman–Crippen LogP) is 1.18. The van der Waals surface area contributed by atoms with E-state index in [1.54, 1.807) is 18.7 Å². The van der Waals surface area contributed by atoms with Crippen LogP contribution in [-0.4, -0.2) is 34.5 Å². The summed E-state index contributed by atoms with van der Waals surface area (Å²) in [6, 6.07) is 7.15. The number of carboxylic acids is 1. The van der Waals surface area contributed by atoms with E-state index in [0.29, 0.717) is 6.54 Å². The van der Waals surface area contributed by atoms with Crippen molar-refractivity contribution < 1.29 is 14.7 Å². The van der Waals surface area contributed by atoms with Crippen molar-refractivity contribution in [3.05, 3.63) is 35.4 Å². The smallest absolute Gasteiger partial charge is 0.312 e. The normalized spacial score (nSPS) is 20.9. The van der Waals surface area contributed by atoms with E-state index in [1.165, 1.54) is 0 Å². The molecule has 1 aromatic rings. The number of aliphatic carboxylic acids is 1. The van der Waals surface area contributed by atoms with Crippen molar-refractivity contribution in [2.75, 3.05) is 6.54 Å². The molecule has 5 heteroatoms. The molecule has 0 aliphatic carbocycles. The molecule has 3 atom stereocenters. The Kier molecular flexibility index (Phi) is 4.09. The fourth-order valence-corrected chi connectivity index (χ4v) is 2.50. The SMILES string of the molecule is CC(N)C(C)C(=O)N1Cc2ccccc2C(C(=O)O)C1. The topological polar surface area (TPSA) is 83.6 Å². The summed E-state index contributed by atoms with van der Waals surface area (Å²) in [4.78, 5) is 25.4. The van der Waals surface area contributed by atoms with Crippen LogP contribution < -0.4 is 5.73 Å². The molecule has 1 aliphatic heterocycles. The first kappa shape index (κ1) is 14.5. The summed E-state index contributed by atoms with van der Waals surface area (Å²) in [5.41, 5.74) is 7.47. The summed E-state index contributed by atoms with van der Waals surface area (Å²) in [7, 11) is 0. The Balaban J connectivity index is 2.29. The average Bonchev–Trinajstić information content (AvgIpc) is 2.44. The van der Waals surface area contributed by atoms with Gasteiger partial charge in [0, 0.05) is 19.1 Å². The van der Waals surface area contributed by atoms with E-state index in [0.717, 1.165) is 11.1 Å². The van der Waals surface area contributed by atoms with Gasteiger partial charge in [-0.1, -0.05) is 31.2 Å². The number of carboxylic acid groups (broad SMARTS) is 1. The zero-order valence-electron chi connectivity index (χ0n) is 11.7. The molecule has 0 saturated carbocycles. The van der Waals surface area contributed by atoms with Crippen LogP contribution >= 0.6 is 0 Å². The summed E-state index contributed by atoms with van der Waals surface area (Å²) in [6.07, 6.45) is 0. The highest BCUT2D eigenvalue weighted by molar-refractivity contribution is 5.83. The van der Waals surface area contributed by atoms with E-state index in [9.17, 15) is 14.7 Å². The van der Waals surface area contributed by atoms with Crippen LogP contribution in [-0.2, 0) is 16.1 Å². The minimum atomic E-state index is -0.900. The van der Waals surface area contributed by atoms with Crippen molar-refractivity contribution in [3.63, 3.8) is 0 Å². The highest BCUT2D eigenvalue weighted by atomic mass is 16.4. The van der Waals surface area contributed by atoms with Crippen LogP contribution in [0.1, 0.15) is 30.9 Å². The molecule has 0 bridgehead atoms. The van der Waals surface area contributed by atoms with E-state index in [2.05, 4.69) is 0 Å². The van der Waals surface area contributed by atoms with Gasteiger partial charge >= 0.3 is 5.97 Å². The first-order valence-electron chi connectivity index (χ1n) is 6.76. The van der Waals surface area contributed by atoms with E-state index in [1.807, 2.05) is 24.3 Å². The fraction of sp³-hybridized carbons (Fsp3) is 0.467. The quantitative estimate of drug-likeness (QED) is 0.868. The summed E-state index contributed by atoms with van der Waals surface area (Å²) >= 11 is 0. The molecule has 2 rings (SSSR count). The molecule has 5 nitrogen and oxygen atoms in total. The molecule has 3 unspecified atom stereocenters. The second-order valence-corrected chi connectivity index (χ2v) is 5.46. The van der Waals surface area contributed by atoms with Crippen molar-refractivity contribution in [2.45, 2.75) is 32.4 Å². The van der Waals surface area contributed by atoms with Crippen molar-refractivity contribution in [2.24, 2.45) is 11.7 Å². The summed E-state index contributed by atoms with van der Waals surface area (Å²) in [5.74, 6) is -1.96. The summed E-state index contributed by atoms with van der Waals surface area (Å²) in [6.45, 7) is 4.23. The van der Waals surface area contributed by atoms with Crippen molar-refractivity contribution in [1.29, 1.82) is 0 Å². The Hall–Kier alpha value is -1.88. The van der Waals surface area contributed by atoms with E-state index < -0.39 is 11.9 Å². The molecule has 1 heterocycles. The number of rotatable bonds is 3. The van der Waals surface area contributed by atoms with Crippen LogP contribution in [0.4, 0.5) is 0 Å². The fourth-order valence-electron chi connectivity index (χ4n) is 2.50.